The Morgan fingerprint density at radius 2 is 2.38 bits per heavy atom. The van der Waals surface area contributed by atoms with Crippen LogP contribution < -0.4 is 5.32 Å². The minimum absolute atomic E-state index is 0.118. The highest BCUT2D eigenvalue weighted by molar-refractivity contribution is 7.98. The third kappa shape index (κ3) is 4.34. The van der Waals surface area contributed by atoms with Crippen LogP contribution in [0.3, 0.4) is 0 Å². The first-order valence-electron chi connectivity index (χ1n) is 5.25. The molecule has 0 saturated carbocycles. The van der Waals surface area contributed by atoms with Gasteiger partial charge in [0, 0.05) is 6.04 Å². The van der Waals surface area contributed by atoms with Crippen molar-refractivity contribution in [1.29, 1.82) is 0 Å². The van der Waals surface area contributed by atoms with Gasteiger partial charge in [-0.25, -0.2) is 0 Å². The number of hydrogen-bond donors (Lipinski definition) is 2. The van der Waals surface area contributed by atoms with Crippen LogP contribution >= 0.6 is 11.8 Å². The number of aliphatic hydroxyl groups is 1. The Bertz CT molecular complexity index is 126. The zero-order valence-electron chi connectivity index (χ0n) is 8.46. The standard InChI is InChI=1S/C10H21NOS/c1-13-8-4-6-10(12)9-5-2-3-7-11-9/h9-12H,2-8H2,1H3. The number of thioether (sulfide) groups is 1. The molecule has 0 spiro atoms. The lowest BCUT2D eigenvalue weighted by Gasteiger charge is -2.27. The molecule has 2 N–H and O–H groups in total. The molecule has 0 radical (unpaired) electrons. The van der Waals surface area contributed by atoms with Crippen LogP contribution in [-0.4, -0.2) is 35.8 Å². The summed E-state index contributed by atoms with van der Waals surface area (Å²) in [6.45, 7) is 1.09. The highest BCUT2D eigenvalue weighted by Gasteiger charge is 2.20. The molecular formula is C10H21NOS. The molecule has 0 aromatic heterocycles. The van der Waals surface area contributed by atoms with Gasteiger partial charge >= 0.3 is 0 Å². The van der Waals surface area contributed by atoms with Crippen LogP contribution in [0, 0.1) is 0 Å². The topological polar surface area (TPSA) is 32.3 Å². The quantitative estimate of drug-likeness (QED) is 0.666. The van der Waals surface area contributed by atoms with E-state index in [1.807, 2.05) is 11.8 Å². The van der Waals surface area contributed by atoms with E-state index in [2.05, 4.69) is 11.6 Å². The molecule has 0 bridgehead atoms. The van der Waals surface area contributed by atoms with E-state index in [0.29, 0.717) is 6.04 Å². The zero-order valence-corrected chi connectivity index (χ0v) is 9.28. The van der Waals surface area contributed by atoms with Gasteiger partial charge < -0.3 is 10.4 Å². The summed E-state index contributed by atoms with van der Waals surface area (Å²) in [6.07, 6.45) is 7.79. The fraction of sp³-hybridized carbons (Fsp3) is 1.00. The maximum Gasteiger partial charge on any atom is 0.0693 e. The average Bonchev–Trinajstić information content (AvgIpc) is 2.19. The second-order valence-electron chi connectivity index (χ2n) is 3.76. The van der Waals surface area contributed by atoms with Crippen molar-refractivity contribution in [2.45, 2.75) is 44.2 Å². The lowest BCUT2D eigenvalue weighted by Crippen LogP contribution is -2.43. The van der Waals surface area contributed by atoms with Crippen molar-refractivity contribution in [2.75, 3.05) is 18.6 Å². The largest absolute Gasteiger partial charge is 0.392 e. The summed E-state index contributed by atoms with van der Waals surface area (Å²) in [6, 6.07) is 0.371. The molecule has 1 heterocycles. The molecular weight excluding hydrogens is 182 g/mol. The third-order valence-corrected chi connectivity index (χ3v) is 3.36. The van der Waals surface area contributed by atoms with Crippen LogP contribution in [0.4, 0.5) is 0 Å². The van der Waals surface area contributed by atoms with E-state index >= 15 is 0 Å². The molecule has 2 nitrogen and oxygen atoms in total. The van der Waals surface area contributed by atoms with Crippen molar-refractivity contribution >= 4 is 11.8 Å². The molecule has 2 unspecified atom stereocenters. The first-order valence-corrected chi connectivity index (χ1v) is 6.64. The molecule has 0 aliphatic carbocycles. The Labute approximate surface area is 85.5 Å². The van der Waals surface area contributed by atoms with Crippen molar-refractivity contribution in [3.63, 3.8) is 0 Å². The average molecular weight is 203 g/mol. The summed E-state index contributed by atoms with van der Waals surface area (Å²) in [5, 5.41) is 13.2. The van der Waals surface area contributed by atoms with Crippen molar-refractivity contribution in [1.82, 2.24) is 5.32 Å². The van der Waals surface area contributed by atoms with Gasteiger partial charge in [-0.1, -0.05) is 6.42 Å². The SMILES string of the molecule is CSCCCC(O)C1CCCCN1. The molecule has 78 valence electrons. The molecule has 2 atom stereocenters. The second-order valence-corrected chi connectivity index (χ2v) is 4.74. The van der Waals surface area contributed by atoms with E-state index in [4.69, 9.17) is 0 Å². The van der Waals surface area contributed by atoms with E-state index in [0.717, 1.165) is 25.8 Å². The van der Waals surface area contributed by atoms with Gasteiger partial charge in [0.2, 0.25) is 0 Å². The predicted octanol–water partition coefficient (Wildman–Crippen LogP) is 1.63. The molecule has 1 aliphatic rings. The van der Waals surface area contributed by atoms with Gasteiger partial charge in [0.05, 0.1) is 6.10 Å². The highest BCUT2D eigenvalue weighted by atomic mass is 32.2. The van der Waals surface area contributed by atoms with Crippen LogP contribution in [0.2, 0.25) is 0 Å². The van der Waals surface area contributed by atoms with E-state index in [-0.39, 0.29) is 6.10 Å². The number of rotatable bonds is 5. The molecule has 0 amide bonds. The van der Waals surface area contributed by atoms with Crippen molar-refractivity contribution in [3.05, 3.63) is 0 Å². The fourth-order valence-corrected chi connectivity index (χ4v) is 2.30. The Balaban J connectivity index is 2.09. The zero-order chi connectivity index (χ0) is 9.52. The van der Waals surface area contributed by atoms with Crippen LogP contribution in [0.1, 0.15) is 32.1 Å². The summed E-state index contributed by atoms with van der Waals surface area (Å²) in [7, 11) is 0. The first kappa shape index (κ1) is 11.3. The predicted molar refractivity (Wildman–Crippen MR) is 59.3 cm³/mol. The Hall–Kier alpha value is 0.270. The lowest BCUT2D eigenvalue weighted by atomic mass is 9.97. The van der Waals surface area contributed by atoms with E-state index in [1.165, 1.54) is 18.6 Å². The monoisotopic (exact) mass is 203 g/mol. The molecule has 1 aliphatic heterocycles. The van der Waals surface area contributed by atoms with E-state index in [1.54, 1.807) is 0 Å². The Morgan fingerprint density at radius 1 is 1.54 bits per heavy atom. The summed E-state index contributed by atoms with van der Waals surface area (Å²) < 4.78 is 0. The normalized spacial score (nSPS) is 25.8. The Kier molecular flexibility index (Phi) is 5.83. The van der Waals surface area contributed by atoms with Gasteiger partial charge in [0.25, 0.3) is 0 Å². The van der Waals surface area contributed by atoms with Crippen LogP contribution in [0.15, 0.2) is 0 Å². The fourth-order valence-electron chi connectivity index (χ4n) is 1.85. The minimum Gasteiger partial charge on any atom is -0.392 e. The second kappa shape index (κ2) is 6.68. The van der Waals surface area contributed by atoms with Gasteiger partial charge in [-0.3, -0.25) is 0 Å². The van der Waals surface area contributed by atoms with Gasteiger partial charge in [0.15, 0.2) is 0 Å². The van der Waals surface area contributed by atoms with Crippen LogP contribution in [0.5, 0.6) is 0 Å². The molecule has 13 heavy (non-hydrogen) atoms. The maximum absolute atomic E-state index is 9.83. The third-order valence-electron chi connectivity index (χ3n) is 2.66. The molecule has 1 fully saturated rings. The smallest absolute Gasteiger partial charge is 0.0693 e. The number of nitrogens with one attached hydrogen (secondary N) is 1. The summed E-state index contributed by atoms with van der Waals surface area (Å²) >= 11 is 1.86. The van der Waals surface area contributed by atoms with Gasteiger partial charge in [-0.05, 0) is 44.2 Å². The Morgan fingerprint density at radius 3 is 3.00 bits per heavy atom. The van der Waals surface area contributed by atoms with Crippen molar-refractivity contribution < 1.29 is 5.11 Å². The number of aliphatic hydroxyl groups excluding tert-OH is 1. The van der Waals surface area contributed by atoms with Crippen LogP contribution in [0.25, 0.3) is 0 Å². The van der Waals surface area contributed by atoms with Crippen molar-refractivity contribution in [2.24, 2.45) is 0 Å². The van der Waals surface area contributed by atoms with Gasteiger partial charge in [-0.15, -0.1) is 0 Å². The summed E-state index contributed by atoms with van der Waals surface area (Å²) in [4.78, 5) is 0. The molecule has 1 saturated heterocycles. The molecule has 0 aromatic carbocycles. The molecule has 0 aromatic rings. The van der Waals surface area contributed by atoms with Crippen LogP contribution in [-0.2, 0) is 0 Å². The van der Waals surface area contributed by atoms with E-state index in [9.17, 15) is 5.11 Å². The maximum atomic E-state index is 9.83. The van der Waals surface area contributed by atoms with Gasteiger partial charge in [0.1, 0.15) is 0 Å². The summed E-state index contributed by atoms with van der Waals surface area (Å²) in [5.74, 6) is 1.17. The molecule has 3 heteroatoms. The summed E-state index contributed by atoms with van der Waals surface area (Å²) in [5.41, 5.74) is 0. The minimum atomic E-state index is -0.118. The first-order chi connectivity index (χ1) is 6.34. The van der Waals surface area contributed by atoms with E-state index < -0.39 is 0 Å². The number of hydrogen-bond acceptors (Lipinski definition) is 3. The molecule has 1 rings (SSSR count). The number of piperidine rings is 1. The highest BCUT2D eigenvalue weighted by Crippen LogP contribution is 2.14. The van der Waals surface area contributed by atoms with Gasteiger partial charge in [-0.2, -0.15) is 11.8 Å². The lowest BCUT2D eigenvalue weighted by molar-refractivity contribution is 0.104. The van der Waals surface area contributed by atoms with Crippen molar-refractivity contribution in [3.8, 4) is 0 Å².